The summed E-state index contributed by atoms with van der Waals surface area (Å²) in [5.41, 5.74) is 7.07. The predicted molar refractivity (Wildman–Crippen MR) is 204 cm³/mol. The van der Waals surface area contributed by atoms with Crippen LogP contribution in [0.2, 0.25) is 0 Å². The van der Waals surface area contributed by atoms with Crippen molar-refractivity contribution in [1.29, 1.82) is 0 Å². The van der Waals surface area contributed by atoms with Gasteiger partial charge in [-0.05, 0) is 73.8 Å². The lowest BCUT2D eigenvalue weighted by atomic mass is 9.96. The van der Waals surface area contributed by atoms with Crippen molar-refractivity contribution in [1.82, 2.24) is 5.32 Å². The summed E-state index contributed by atoms with van der Waals surface area (Å²) in [7, 11) is 0. The van der Waals surface area contributed by atoms with Crippen molar-refractivity contribution in [3.63, 3.8) is 0 Å². The van der Waals surface area contributed by atoms with Gasteiger partial charge in [0.25, 0.3) is 0 Å². The Bertz CT molecular complexity index is 2820. The van der Waals surface area contributed by atoms with Gasteiger partial charge in [-0.3, -0.25) is 0 Å². The monoisotopic (exact) mass is 627 g/mol. The Morgan fingerprint density at radius 1 is 0.469 bits per heavy atom. The summed E-state index contributed by atoms with van der Waals surface area (Å²) in [6.07, 6.45) is -0.397. The predicted octanol–water partition coefficient (Wildman–Crippen LogP) is 11.2. The van der Waals surface area contributed by atoms with Crippen molar-refractivity contribution in [3.8, 4) is 11.1 Å². The lowest BCUT2D eigenvalue weighted by Gasteiger charge is -2.24. The summed E-state index contributed by atoms with van der Waals surface area (Å²) in [4.78, 5) is 10.5. The van der Waals surface area contributed by atoms with Gasteiger partial charge in [-0.2, -0.15) is 0 Å². The lowest BCUT2D eigenvalue weighted by Crippen LogP contribution is -2.33. The molecule has 0 radical (unpaired) electrons. The Morgan fingerprint density at radius 2 is 1.12 bits per heavy atom. The number of nitrogens with one attached hydrogen (secondary N) is 1. The number of benzene rings is 8. The van der Waals surface area contributed by atoms with Crippen molar-refractivity contribution in [2.75, 3.05) is 0 Å². The van der Waals surface area contributed by atoms with E-state index < -0.39 is 6.17 Å². The smallest absolute Gasteiger partial charge is 0.159 e. The van der Waals surface area contributed by atoms with Gasteiger partial charge in [0.15, 0.2) is 5.84 Å². The van der Waals surface area contributed by atoms with Gasteiger partial charge in [0.2, 0.25) is 0 Å². The van der Waals surface area contributed by atoms with Crippen molar-refractivity contribution < 1.29 is 4.42 Å². The number of furan rings is 1. The molecule has 0 spiro atoms. The third kappa shape index (κ3) is 4.68. The van der Waals surface area contributed by atoms with E-state index in [-0.39, 0.29) is 0 Å². The van der Waals surface area contributed by atoms with Crippen LogP contribution >= 0.6 is 0 Å². The molecule has 1 aliphatic rings. The fraction of sp³-hybridized carbons (Fsp3) is 0.0222. The van der Waals surface area contributed by atoms with Crippen LogP contribution in [-0.4, -0.2) is 11.7 Å². The number of aliphatic imine (C=N–C) groups is 2. The molecule has 1 unspecified atom stereocenters. The molecule has 0 fully saturated rings. The highest BCUT2D eigenvalue weighted by molar-refractivity contribution is 6.15. The lowest BCUT2D eigenvalue weighted by molar-refractivity contribution is 0.662. The molecule has 10 rings (SSSR count). The maximum Gasteiger partial charge on any atom is 0.159 e. The van der Waals surface area contributed by atoms with Crippen LogP contribution in [0.25, 0.3) is 65.4 Å². The van der Waals surface area contributed by atoms with Gasteiger partial charge < -0.3 is 9.73 Å². The van der Waals surface area contributed by atoms with E-state index in [1.807, 2.05) is 6.07 Å². The Labute approximate surface area is 282 Å². The quantitative estimate of drug-likeness (QED) is 0.211. The highest BCUT2D eigenvalue weighted by Gasteiger charge is 2.25. The fourth-order valence-corrected chi connectivity index (χ4v) is 7.28. The highest BCUT2D eigenvalue weighted by atomic mass is 16.3. The summed E-state index contributed by atoms with van der Waals surface area (Å²) < 4.78 is 6.48. The van der Waals surface area contributed by atoms with E-state index in [0.717, 1.165) is 55.4 Å². The second-order valence-corrected chi connectivity index (χ2v) is 12.6. The Morgan fingerprint density at radius 3 is 1.94 bits per heavy atom. The average molecular weight is 628 g/mol. The number of rotatable bonds is 4. The summed E-state index contributed by atoms with van der Waals surface area (Å²) in [5, 5.41) is 13.0. The van der Waals surface area contributed by atoms with Crippen molar-refractivity contribution >= 4 is 65.9 Å². The van der Waals surface area contributed by atoms with Crippen LogP contribution in [0.1, 0.15) is 22.9 Å². The molecule has 9 aromatic rings. The average Bonchev–Trinajstić information content (AvgIpc) is 3.55. The molecule has 2 heterocycles. The zero-order valence-electron chi connectivity index (χ0n) is 26.5. The van der Waals surface area contributed by atoms with Gasteiger partial charge in [-0.15, -0.1) is 0 Å². The first-order chi connectivity index (χ1) is 24.2. The molecule has 230 valence electrons. The molecular formula is C45H29N3O. The molecule has 0 aliphatic carbocycles. The van der Waals surface area contributed by atoms with E-state index in [0.29, 0.717) is 5.84 Å². The molecular weight excluding hydrogens is 599 g/mol. The molecule has 0 saturated heterocycles. The van der Waals surface area contributed by atoms with Gasteiger partial charge in [-0.1, -0.05) is 133 Å². The van der Waals surface area contributed by atoms with Crippen LogP contribution in [0.15, 0.2) is 178 Å². The molecule has 1 N–H and O–H groups in total. The second-order valence-electron chi connectivity index (χ2n) is 12.6. The first-order valence-corrected chi connectivity index (χ1v) is 16.6. The summed E-state index contributed by atoms with van der Waals surface area (Å²) in [6.45, 7) is 0. The zero-order valence-corrected chi connectivity index (χ0v) is 26.5. The topological polar surface area (TPSA) is 49.9 Å². The van der Waals surface area contributed by atoms with Crippen LogP contribution in [0.5, 0.6) is 0 Å². The van der Waals surface area contributed by atoms with Gasteiger partial charge in [0.05, 0.1) is 0 Å². The van der Waals surface area contributed by atoms with E-state index >= 15 is 0 Å². The number of nitrogens with zero attached hydrogens (tertiary/aromatic N) is 2. The Balaban J connectivity index is 1.16. The summed E-state index contributed by atoms with van der Waals surface area (Å²) in [6, 6.07) is 57.6. The van der Waals surface area contributed by atoms with Crippen LogP contribution < -0.4 is 5.32 Å². The molecule has 0 bridgehead atoms. The molecule has 1 aromatic heterocycles. The van der Waals surface area contributed by atoms with E-state index in [1.165, 1.54) is 32.5 Å². The molecule has 1 aliphatic heterocycles. The van der Waals surface area contributed by atoms with E-state index in [1.54, 1.807) is 0 Å². The zero-order chi connectivity index (χ0) is 32.3. The van der Waals surface area contributed by atoms with Gasteiger partial charge in [-0.25, -0.2) is 9.98 Å². The molecule has 49 heavy (non-hydrogen) atoms. The summed E-state index contributed by atoms with van der Waals surface area (Å²) in [5.74, 6) is 1.48. The van der Waals surface area contributed by atoms with Gasteiger partial charge >= 0.3 is 0 Å². The third-order valence-corrected chi connectivity index (χ3v) is 9.70. The minimum absolute atomic E-state index is 0.397. The van der Waals surface area contributed by atoms with E-state index in [9.17, 15) is 0 Å². The van der Waals surface area contributed by atoms with Crippen molar-refractivity contribution in [2.45, 2.75) is 6.17 Å². The molecule has 8 aromatic carbocycles. The largest absolute Gasteiger partial charge is 0.456 e. The molecule has 4 nitrogen and oxygen atoms in total. The number of hydrogen-bond acceptors (Lipinski definition) is 4. The van der Waals surface area contributed by atoms with Gasteiger partial charge in [0.1, 0.15) is 23.2 Å². The van der Waals surface area contributed by atoms with Crippen LogP contribution in [0.4, 0.5) is 0 Å². The first kappa shape index (κ1) is 27.6. The normalized spacial score (nSPS) is 14.7. The number of amidine groups is 2. The third-order valence-electron chi connectivity index (χ3n) is 9.70. The maximum absolute atomic E-state index is 6.48. The molecule has 0 saturated carbocycles. The van der Waals surface area contributed by atoms with Gasteiger partial charge in [0, 0.05) is 27.5 Å². The van der Waals surface area contributed by atoms with Crippen molar-refractivity contribution in [2.24, 2.45) is 9.98 Å². The highest BCUT2D eigenvalue weighted by Crippen LogP contribution is 2.39. The van der Waals surface area contributed by atoms with Crippen molar-refractivity contribution in [3.05, 3.63) is 180 Å². The van der Waals surface area contributed by atoms with Crippen LogP contribution in [0, 0.1) is 0 Å². The Kier molecular flexibility index (Phi) is 6.21. The van der Waals surface area contributed by atoms with E-state index in [2.05, 4.69) is 163 Å². The minimum Gasteiger partial charge on any atom is -0.456 e. The Hall–Kier alpha value is -6.52. The summed E-state index contributed by atoms with van der Waals surface area (Å²) >= 11 is 0. The first-order valence-electron chi connectivity index (χ1n) is 16.6. The minimum atomic E-state index is -0.397. The fourth-order valence-electron chi connectivity index (χ4n) is 7.28. The second kappa shape index (κ2) is 11.0. The molecule has 4 heteroatoms. The van der Waals surface area contributed by atoms with E-state index in [4.69, 9.17) is 14.4 Å². The maximum atomic E-state index is 6.48. The molecule has 0 amide bonds. The standard InChI is InChI=1S/C45H29N3O/c1-3-12-31-25-34(21-19-28(31)9-1)43-46-44(35-22-20-29-10-2-4-13-32(29)26-35)48-45(47-43)38-17-8-18-41-42(38)39-27-33(23-24-40(39)49-41)37-16-7-14-30-11-5-6-15-36(30)37/h1-27,45H,(H,46,47,48). The number of hydrogen-bond donors (Lipinski definition) is 1. The number of fused-ring (bicyclic) bond motifs is 6. The van der Waals surface area contributed by atoms with Crippen LogP contribution in [-0.2, 0) is 0 Å². The molecule has 1 atom stereocenters. The SMILES string of the molecule is c1ccc2cc(C3=NC(c4cccc5oc6ccc(-c7cccc8ccccc78)cc6c45)NC(c4ccc5ccccc5c4)=N3)ccc2c1. The van der Waals surface area contributed by atoms with Crippen LogP contribution in [0.3, 0.4) is 0 Å².